The van der Waals surface area contributed by atoms with Crippen molar-refractivity contribution in [2.75, 3.05) is 0 Å². The lowest BCUT2D eigenvalue weighted by Gasteiger charge is -2.07. The number of furan rings is 1. The normalized spacial score (nSPS) is 13.0. The number of nitrogens with zero attached hydrogens (tertiary/aromatic N) is 2. The Morgan fingerprint density at radius 1 is 1.25 bits per heavy atom. The summed E-state index contributed by atoms with van der Waals surface area (Å²) in [7, 11) is 0. The molecule has 8 heteroatoms. The molecule has 1 aromatic carbocycles. The smallest absolute Gasteiger partial charge is 0.224 e. The fraction of sp³-hybridized carbons (Fsp3) is 0.0625. The number of carbonyl (C=O) groups is 1. The monoisotopic (exact) mass is 329 g/mol. The Balaban J connectivity index is 1.78. The number of H-pyrrole nitrogens is 1. The number of hydrogen-bond acceptors (Lipinski definition) is 6. The number of aliphatic hydroxyl groups excluding tert-OH is 2. The Morgan fingerprint density at radius 2 is 2.00 bits per heavy atom. The van der Waals surface area contributed by atoms with Crippen molar-refractivity contribution in [1.29, 1.82) is 0 Å². The molecule has 0 spiro atoms. The lowest BCUT2D eigenvalue weighted by atomic mass is 10.1. The Labute approximate surface area is 135 Å². The second-order valence-electron chi connectivity index (χ2n) is 4.88. The highest BCUT2D eigenvalue weighted by Crippen LogP contribution is 2.24. The van der Waals surface area contributed by atoms with Gasteiger partial charge in [-0.05, 0) is 29.8 Å². The summed E-state index contributed by atoms with van der Waals surface area (Å²) < 4.78 is 18.2. The highest BCUT2D eigenvalue weighted by Gasteiger charge is 2.18. The fourth-order valence-corrected chi connectivity index (χ4v) is 2.03. The third kappa shape index (κ3) is 3.23. The van der Waals surface area contributed by atoms with Crippen molar-refractivity contribution in [3.63, 3.8) is 0 Å². The van der Waals surface area contributed by atoms with E-state index in [-0.39, 0.29) is 17.3 Å². The van der Waals surface area contributed by atoms with Crippen LogP contribution in [0, 0.1) is 5.82 Å². The van der Waals surface area contributed by atoms with E-state index in [4.69, 9.17) is 4.42 Å². The van der Waals surface area contributed by atoms with Gasteiger partial charge in [0.1, 0.15) is 24.0 Å². The third-order valence-electron chi connectivity index (χ3n) is 3.25. The number of carbonyl (C=O) groups excluding carboxylic acids is 1. The summed E-state index contributed by atoms with van der Waals surface area (Å²) in [6, 6.07) is 8.06. The molecule has 122 valence electrons. The number of ketones is 1. The fourth-order valence-electron chi connectivity index (χ4n) is 2.03. The van der Waals surface area contributed by atoms with Gasteiger partial charge in [0.25, 0.3) is 0 Å². The standard InChI is InChI=1S/C16H12FN3O4/c17-10-3-1-9(2-4-10)15(23)14-6-5-13(24-14)11(21)7-12(22)16-18-8-19-20-16/h1-8,15,22-23H,(H,18,19,20)/b12-7-. The SMILES string of the molecule is O=C(/C=C(\O)c1ncn[nH]1)c1ccc(C(O)c2ccc(F)cc2)o1. The van der Waals surface area contributed by atoms with Gasteiger partial charge in [0, 0.05) is 6.08 Å². The van der Waals surface area contributed by atoms with Crippen LogP contribution in [0.25, 0.3) is 5.76 Å². The minimum Gasteiger partial charge on any atom is -0.504 e. The zero-order chi connectivity index (χ0) is 17.1. The van der Waals surface area contributed by atoms with Crippen molar-refractivity contribution in [3.8, 4) is 0 Å². The van der Waals surface area contributed by atoms with Crippen molar-refractivity contribution < 1.29 is 23.8 Å². The van der Waals surface area contributed by atoms with Gasteiger partial charge in [0.15, 0.2) is 17.3 Å². The summed E-state index contributed by atoms with van der Waals surface area (Å²) in [6.07, 6.45) is 0.973. The van der Waals surface area contributed by atoms with Gasteiger partial charge in [0.05, 0.1) is 0 Å². The zero-order valence-electron chi connectivity index (χ0n) is 12.2. The van der Waals surface area contributed by atoms with Crippen LogP contribution in [0.2, 0.25) is 0 Å². The van der Waals surface area contributed by atoms with Crippen molar-refractivity contribution in [1.82, 2.24) is 15.2 Å². The molecule has 1 unspecified atom stereocenters. The van der Waals surface area contributed by atoms with Gasteiger partial charge >= 0.3 is 0 Å². The molecule has 0 aliphatic rings. The molecule has 2 aromatic heterocycles. The highest BCUT2D eigenvalue weighted by atomic mass is 19.1. The van der Waals surface area contributed by atoms with Gasteiger partial charge in [-0.1, -0.05) is 12.1 Å². The largest absolute Gasteiger partial charge is 0.504 e. The van der Waals surface area contributed by atoms with Crippen LogP contribution < -0.4 is 0 Å². The molecule has 24 heavy (non-hydrogen) atoms. The van der Waals surface area contributed by atoms with Gasteiger partial charge in [-0.25, -0.2) is 9.37 Å². The molecule has 0 radical (unpaired) electrons. The quantitative estimate of drug-likeness (QED) is 0.376. The highest BCUT2D eigenvalue weighted by molar-refractivity contribution is 6.05. The van der Waals surface area contributed by atoms with E-state index < -0.39 is 23.5 Å². The maximum Gasteiger partial charge on any atom is 0.224 e. The Kier molecular flexibility index (Phi) is 4.21. The van der Waals surface area contributed by atoms with E-state index in [2.05, 4.69) is 15.2 Å². The first-order chi connectivity index (χ1) is 11.5. The number of aliphatic hydroxyl groups is 2. The first-order valence-corrected chi connectivity index (χ1v) is 6.88. The van der Waals surface area contributed by atoms with Crippen LogP contribution in [0.15, 0.2) is 53.2 Å². The number of rotatable bonds is 5. The van der Waals surface area contributed by atoms with E-state index in [1.807, 2.05) is 0 Å². The molecule has 0 saturated heterocycles. The first-order valence-electron chi connectivity index (χ1n) is 6.88. The predicted octanol–water partition coefficient (Wildman–Crippen LogP) is 2.40. The molecule has 3 aromatic rings. The van der Waals surface area contributed by atoms with E-state index >= 15 is 0 Å². The van der Waals surface area contributed by atoms with Crippen molar-refractivity contribution in [2.45, 2.75) is 6.10 Å². The predicted molar refractivity (Wildman–Crippen MR) is 80.5 cm³/mol. The number of nitrogens with one attached hydrogen (secondary N) is 1. The Morgan fingerprint density at radius 3 is 2.67 bits per heavy atom. The molecule has 3 rings (SSSR count). The van der Waals surface area contributed by atoms with Gasteiger partial charge < -0.3 is 14.6 Å². The average Bonchev–Trinajstić information content (AvgIpc) is 3.26. The van der Waals surface area contributed by atoms with Crippen LogP contribution >= 0.6 is 0 Å². The summed E-state index contributed by atoms with van der Waals surface area (Å²) >= 11 is 0. The summed E-state index contributed by atoms with van der Waals surface area (Å²) in [5.74, 6) is -1.33. The van der Waals surface area contributed by atoms with E-state index in [1.165, 1.54) is 42.7 Å². The lowest BCUT2D eigenvalue weighted by molar-refractivity contribution is 0.101. The molecule has 1 atom stereocenters. The molecular formula is C16H12FN3O4. The molecule has 2 heterocycles. The molecular weight excluding hydrogens is 317 g/mol. The number of aromatic nitrogens is 3. The van der Waals surface area contributed by atoms with Gasteiger partial charge in [-0.2, -0.15) is 5.10 Å². The van der Waals surface area contributed by atoms with Crippen LogP contribution in [0.1, 0.15) is 33.8 Å². The Hall–Kier alpha value is -3.26. The number of aromatic amines is 1. The molecule has 7 nitrogen and oxygen atoms in total. The van der Waals surface area contributed by atoms with Gasteiger partial charge in [-0.15, -0.1) is 0 Å². The number of hydrogen-bond donors (Lipinski definition) is 3. The maximum atomic E-state index is 12.9. The second kappa shape index (κ2) is 6.47. The molecule has 0 amide bonds. The first kappa shape index (κ1) is 15.6. The van der Waals surface area contributed by atoms with Gasteiger partial charge in [0.2, 0.25) is 5.78 Å². The lowest BCUT2D eigenvalue weighted by Crippen LogP contribution is -1.99. The van der Waals surface area contributed by atoms with E-state index in [0.717, 1.165) is 6.08 Å². The Bertz CT molecular complexity index is 869. The minimum atomic E-state index is -1.14. The third-order valence-corrected chi connectivity index (χ3v) is 3.25. The van der Waals surface area contributed by atoms with Crippen LogP contribution in [-0.2, 0) is 0 Å². The topological polar surface area (TPSA) is 112 Å². The number of allylic oxidation sites excluding steroid dienone is 1. The maximum absolute atomic E-state index is 12.9. The molecule has 0 aliphatic carbocycles. The molecule has 0 bridgehead atoms. The summed E-state index contributed by atoms with van der Waals surface area (Å²) in [5.41, 5.74) is 0.421. The minimum absolute atomic E-state index is 0.0430. The summed E-state index contributed by atoms with van der Waals surface area (Å²) in [4.78, 5) is 15.7. The van der Waals surface area contributed by atoms with Crippen LogP contribution in [0.5, 0.6) is 0 Å². The van der Waals surface area contributed by atoms with E-state index in [1.54, 1.807) is 0 Å². The molecule has 0 saturated carbocycles. The molecule has 0 fully saturated rings. The van der Waals surface area contributed by atoms with Gasteiger partial charge in [-0.3, -0.25) is 9.89 Å². The van der Waals surface area contributed by atoms with E-state index in [9.17, 15) is 19.4 Å². The zero-order valence-corrected chi connectivity index (χ0v) is 12.2. The van der Waals surface area contributed by atoms with E-state index in [0.29, 0.717) is 5.56 Å². The molecule has 0 aliphatic heterocycles. The van der Waals surface area contributed by atoms with Crippen LogP contribution in [0.4, 0.5) is 4.39 Å². The van der Waals surface area contributed by atoms with Crippen molar-refractivity contribution in [3.05, 3.63) is 77.5 Å². The summed E-state index contributed by atoms with van der Waals surface area (Å²) in [5, 5.41) is 25.9. The number of benzene rings is 1. The van der Waals surface area contributed by atoms with Crippen molar-refractivity contribution in [2.24, 2.45) is 0 Å². The van der Waals surface area contributed by atoms with Crippen LogP contribution in [-0.4, -0.2) is 31.2 Å². The molecule has 3 N–H and O–H groups in total. The average molecular weight is 329 g/mol. The summed E-state index contributed by atoms with van der Waals surface area (Å²) in [6.45, 7) is 0. The second-order valence-corrected chi connectivity index (χ2v) is 4.88. The van der Waals surface area contributed by atoms with Crippen LogP contribution in [0.3, 0.4) is 0 Å². The number of halogens is 1. The van der Waals surface area contributed by atoms with Crippen molar-refractivity contribution >= 4 is 11.5 Å².